The maximum atomic E-state index is 13.2. The Hall–Kier alpha value is -2.99. The van der Waals surface area contributed by atoms with E-state index in [2.05, 4.69) is 20.3 Å². The number of aromatic nitrogens is 1. The van der Waals surface area contributed by atoms with Crippen molar-refractivity contribution in [2.75, 3.05) is 28.2 Å². The molecule has 2 aromatic rings. The molecule has 2 amide bonds. The summed E-state index contributed by atoms with van der Waals surface area (Å²) in [5.74, 6) is -0.613. The van der Waals surface area contributed by atoms with Crippen LogP contribution in [-0.2, 0) is 26.0 Å². The second kappa shape index (κ2) is 11.0. The zero-order valence-corrected chi connectivity index (χ0v) is 20.9. The predicted molar refractivity (Wildman–Crippen MR) is 131 cm³/mol. The Morgan fingerprint density at radius 2 is 1.85 bits per heavy atom. The average molecular weight is 509 g/mol. The standard InChI is InChI=1S/C22H28N4O6S2/c1-4-32-19(27)10-15-12-33-22(23-15)25-21(29)24-18-11-17(26-34(3,30)31)13(2)9-16(18)20(28)14-7-5-6-8-14/h9,11-12,14,26H,4-8,10H2,1-3H3,(H2,23,24,25,29). The molecule has 1 fully saturated rings. The first-order valence-electron chi connectivity index (χ1n) is 10.9. The molecule has 3 N–H and O–H groups in total. The summed E-state index contributed by atoms with van der Waals surface area (Å²) in [6.45, 7) is 3.68. The van der Waals surface area contributed by atoms with Crippen molar-refractivity contribution in [2.45, 2.75) is 46.0 Å². The van der Waals surface area contributed by atoms with Crippen molar-refractivity contribution in [3.8, 4) is 0 Å². The number of amides is 2. The molecule has 1 saturated carbocycles. The Bertz CT molecular complexity index is 1190. The van der Waals surface area contributed by atoms with Crippen LogP contribution in [-0.4, -0.2) is 44.0 Å². The molecule has 1 heterocycles. The molecule has 0 saturated heterocycles. The van der Waals surface area contributed by atoms with E-state index in [0.29, 0.717) is 16.8 Å². The van der Waals surface area contributed by atoms with Gasteiger partial charge in [0.15, 0.2) is 10.9 Å². The summed E-state index contributed by atoms with van der Waals surface area (Å²) in [5.41, 5.74) is 1.84. The summed E-state index contributed by atoms with van der Waals surface area (Å²) in [7, 11) is -3.56. The Morgan fingerprint density at radius 3 is 2.50 bits per heavy atom. The summed E-state index contributed by atoms with van der Waals surface area (Å²) in [5, 5.41) is 7.15. The van der Waals surface area contributed by atoms with Crippen molar-refractivity contribution in [3.05, 3.63) is 34.3 Å². The van der Waals surface area contributed by atoms with Gasteiger partial charge in [0, 0.05) is 16.9 Å². The van der Waals surface area contributed by atoms with Crippen molar-refractivity contribution in [1.82, 2.24) is 4.98 Å². The fourth-order valence-corrected chi connectivity index (χ4v) is 5.11. The molecule has 34 heavy (non-hydrogen) atoms. The van der Waals surface area contributed by atoms with Gasteiger partial charge >= 0.3 is 12.0 Å². The van der Waals surface area contributed by atoms with Gasteiger partial charge in [0.1, 0.15) is 0 Å². The van der Waals surface area contributed by atoms with Crippen LogP contribution in [0.2, 0.25) is 0 Å². The van der Waals surface area contributed by atoms with E-state index >= 15 is 0 Å². The van der Waals surface area contributed by atoms with Gasteiger partial charge in [0.2, 0.25) is 10.0 Å². The number of hydrogen-bond donors (Lipinski definition) is 3. The normalized spacial score (nSPS) is 14.0. The zero-order valence-electron chi connectivity index (χ0n) is 19.3. The molecule has 1 aromatic heterocycles. The smallest absolute Gasteiger partial charge is 0.325 e. The van der Waals surface area contributed by atoms with Crippen LogP contribution in [0.25, 0.3) is 0 Å². The lowest BCUT2D eigenvalue weighted by Crippen LogP contribution is -2.23. The van der Waals surface area contributed by atoms with Crippen LogP contribution < -0.4 is 15.4 Å². The van der Waals surface area contributed by atoms with Crippen LogP contribution in [0, 0.1) is 12.8 Å². The van der Waals surface area contributed by atoms with Crippen LogP contribution in [0.4, 0.5) is 21.3 Å². The van der Waals surface area contributed by atoms with Crippen molar-refractivity contribution in [3.63, 3.8) is 0 Å². The van der Waals surface area contributed by atoms with Crippen molar-refractivity contribution in [2.24, 2.45) is 5.92 Å². The molecule has 1 aromatic carbocycles. The Balaban J connectivity index is 1.81. The third-order valence-corrected chi connectivity index (χ3v) is 6.70. The second-order valence-electron chi connectivity index (χ2n) is 8.14. The number of anilines is 3. The maximum Gasteiger partial charge on any atom is 0.325 e. The fourth-order valence-electron chi connectivity index (χ4n) is 3.79. The van der Waals surface area contributed by atoms with Crippen molar-refractivity contribution in [1.29, 1.82) is 0 Å². The predicted octanol–water partition coefficient (Wildman–Crippen LogP) is 3.95. The number of urea groups is 1. The van der Waals surface area contributed by atoms with Crippen LogP contribution >= 0.6 is 11.3 Å². The average Bonchev–Trinajstić information content (AvgIpc) is 3.41. The van der Waals surface area contributed by atoms with E-state index < -0.39 is 22.0 Å². The number of nitrogens with zero attached hydrogens (tertiary/aromatic N) is 1. The van der Waals surface area contributed by atoms with Gasteiger partial charge < -0.3 is 10.1 Å². The topological polar surface area (TPSA) is 144 Å². The first kappa shape index (κ1) is 25.6. The molecule has 0 aliphatic heterocycles. The van der Waals surface area contributed by atoms with E-state index in [-0.39, 0.29) is 41.2 Å². The molecule has 0 bridgehead atoms. The number of rotatable bonds is 9. The number of ketones is 1. The van der Waals surface area contributed by atoms with Gasteiger partial charge in [-0.15, -0.1) is 11.3 Å². The van der Waals surface area contributed by atoms with E-state index in [4.69, 9.17) is 4.74 Å². The molecule has 0 spiro atoms. The van der Waals surface area contributed by atoms with Crippen LogP contribution in [0.15, 0.2) is 17.5 Å². The number of Topliss-reactive ketones (excluding diaryl/α,β-unsaturated/α-hetero) is 1. The first-order chi connectivity index (χ1) is 16.1. The minimum absolute atomic E-state index is 0.00778. The molecule has 0 unspecified atom stereocenters. The monoisotopic (exact) mass is 508 g/mol. The Morgan fingerprint density at radius 1 is 1.15 bits per heavy atom. The summed E-state index contributed by atoms with van der Waals surface area (Å²) in [6.07, 6.45) is 4.55. The number of aryl methyl sites for hydroxylation is 1. The number of ether oxygens (including phenoxy) is 1. The van der Waals surface area contributed by atoms with Gasteiger partial charge in [0.25, 0.3) is 0 Å². The summed E-state index contributed by atoms with van der Waals surface area (Å²) in [6, 6.07) is 2.41. The number of nitrogens with one attached hydrogen (secondary N) is 3. The minimum Gasteiger partial charge on any atom is -0.466 e. The molecule has 0 atom stereocenters. The Labute approximate surface area is 202 Å². The number of benzene rings is 1. The zero-order chi connectivity index (χ0) is 24.9. The van der Waals surface area contributed by atoms with Crippen LogP contribution in [0.5, 0.6) is 0 Å². The molecule has 12 heteroatoms. The highest BCUT2D eigenvalue weighted by Gasteiger charge is 2.27. The van der Waals surface area contributed by atoms with Crippen LogP contribution in [0.3, 0.4) is 0 Å². The highest BCUT2D eigenvalue weighted by molar-refractivity contribution is 7.92. The fraction of sp³-hybridized carbons (Fsp3) is 0.455. The van der Waals surface area contributed by atoms with Crippen molar-refractivity contribution >= 4 is 55.7 Å². The molecule has 0 radical (unpaired) electrons. The second-order valence-corrected chi connectivity index (χ2v) is 10.7. The lowest BCUT2D eigenvalue weighted by molar-refractivity contribution is -0.142. The third-order valence-electron chi connectivity index (χ3n) is 5.30. The molecular formula is C22H28N4O6S2. The van der Waals surface area contributed by atoms with E-state index in [0.717, 1.165) is 43.3 Å². The molecule has 1 aliphatic rings. The summed E-state index contributed by atoms with van der Waals surface area (Å²) >= 11 is 1.14. The van der Waals surface area contributed by atoms with Gasteiger partial charge in [-0.1, -0.05) is 12.8 Å². The highest BCUT2D eigenvalue weighted by atomic mass is 32.2. The molecular weight excluding hydrogens is 480 g/mol. The first-order valence-corrected chi connectivity index (χ1v) is 13.7. The van der Waals surface area contributed by atoms with Gasteiger partial charge in [-0.05, 0) is 44.4 Å². The van der Waals surface area contributed by atoms with Gasteiger partial charge in [-0.25, -0.2) is 18.2 Å². The number of hydrogen-bond acceptors (Lipinski definition) is 8. The summed E-state index contributed by atoms with van der Waals surface area (Å²) < 4.78 is 30.8. The lowest BCUT2D eigenvalue weighted by Gasteiger charge is -2.17. The number of thiazole rings is 1. The molecule has 1 aliphatic carbocycles. The molecule has 3 rings (SSSR count). The van der Waals surface area contributed by atoms with Crippen molar-refractivity contribution < 1.29 is 27.5 Å². The largest absolute Gasteiger partial charge is 0.466 e. The number of sulfonamides is 1. The SMILES string of the molecule is CCOC(=O)Cc1csc(NC(=O)Nc2cc(NS(C)(=O)=O)c(C)cc2C(=O)C2CCCC2)n1. The van der Waals surface area contributed by atoms with E-state index in [9.17, 15) is 22.8 Å². The molecule has 184 valence electrons. The molecule has 10 nitrogen and oxygen atoms in total. The van der Waals surface area contributed by atoms with E-state index in [1.54, 1.807) is 25.3 Å². The summed E-state index contributed by atoms with van der Waals surface area (Å²) in [4.78, 5) is 41.7. The number of carbonyl (C=O) groups is 3. The number of esters is 1. The number of carbonyl (C=O) groups excluding carboxylic acids is 3. The van der Waals surface area contributed by atoms with Gasteiger partial charge in [-0.2, -0.15) is 0 Å². The van der Waals surface area contributed by atoms with Gasteiger partial charge in [0.05, 0.1) is 36.4 Å². The minimum atomic E-state index is -3.56. The maximum absolute atomic E-state index is 13.2. The lowest BCUT2D eigenvalue weighted by atomic mass is 9.93. The quantitative estimate of drug-likeness (QED) is 0.344. The Kier molecular flexibility index (Phi) is 8.26. The van der Waals surface area contributed by atoms with E-state index in [1.807, 2.05) is 0 Å². The van der Waals surface area contributed by atoms with E-state index in [1.165, 1.54) is 6.07 Å². The van der Waals surface area contributed by atoms with Gasteiger partial charge in [-0.3, -0.25) is 19.6 Å². The van der Waals surface area contributed by atoms with Crippen LogP contribution in [0.1, 0.15) is 54.2 Å². The third kappa shape index (κ3) is 7.00. The highest BCUT2D eigenvalue weighted by Crippen LogP contribution is 2.33.